The summed E-state index contributed by atoms with van der Waals surface area (Å²) in [5, 5.41) is 5.96. The van der Waals surface area contributed by atoms with Gasteiger partial charge in [0.05, 0.1) is 12.1 Å². The molecule has 4 heteroatoms. The Morgan fingerprint density at radius 3 is 2.18 bits per heavy atom. The molecule has 1 aromatic rings. The largest absolute Gasteiger partial charge is 0.345 e. The Labute approximate surface area is 173 Å². The van der Waals surface area contributed by atoms with E-state index in [1.165, 1.54) is 0 Å². The van der Waals surface area contributed by atoms with Crippen LogP contribution in [-0.4, -0.2) is 30.8 Å². The molecule has 0 aliphatic carbocycles. The van der Waals surface area contributed by atoms with E-state index in [9.17, 15) is 9.59 Å². The molecule has 2 unspecified atom stereocenters. The van der Waals surface area contributed by atoms with E-state index < -0.39 is 12.1 Å². The summed E-state index contributed by atoms with van der Waals surface area (Å²) >= 11 is 0. The number of benzene rings is 1. The monoisotopic (exact) mass is 388 g/mol. The third-order valence-corrected chi connectivity index (χ3v) is 4.21. The number of rotatable bonds is 11. The molecule has 0 bridgehead atoms. The first kappa shape index (κ1) is 25.5. The molecule has 0 aliphatic heterocycles. The van der Waals surface area contributed by atoms with Gasteiger partial charge >= 0.3 is 0 Å². The van der Waals surface area contributed by atoms with Crippen molar-refractivity contribution in [1.82, 2.24) is 10.6 Å². The molecule has 0 aromatic heterocycles. The van der Waals surface area contributed by atoms with Crippen molar-refractivity contribution in [2.45, 2.75) is 52.6 Å². The molecule has 0 fully saturated rings. The summed E-state index contributed by atoms with van der Waals surface area (Å²) in [6, 6.07) is 8.81. The van der Waals surface area contributed by atoms with Gasteiger partial charge in [-0.25, -0.2) is 0 Å². The van der Waals surface area contributed by atoms with Gasteiger partial charge in [0.1, 0.15) is 0 Å². The maximum absolute atomic E-state index is 12.8. The second kappa shape index (κ2) is 14.6. The SMILES string of the molecule is C=C/C=C(\C=C)CC(NC(=O)C(Cc1ccccc1)NC)C(=O)C(C)C.CC.[HH].[HH]. The Hall–Kier alpha value is -2.46. The maximum Gasteiger partial charge on any atom is 0.238 e. The normalized spacial score (nSPS) is 13.0. The molecule has 0 aliphatic rings. The molecule has 0 saturated heterocycles. The highest BCUT2D eigenvalue weighted by atomic mass is 16.2. The molecular weight excluding hydrogens is 348 g/mol. The minimum Gasteiger partial charge on any atom is -0.345 e. The summed E-state index contributed by atoms with van der Waals surface area (Å²) in [6.45, 7) is 15.1. The van der Waals surface area contributed by atoms with E-state index in [1.807, 2.05) is 58.0 Å². The Morgan fingerprint density at radius 2 is 1.71 bits per heavy atom. The second-order valence-corrected chi connectivity index (χ2v) is 6.53. The predicted octanol–water partition coefficient (Wildman–Crippen LogP) is 4.73. The van der Waals surface area contributed by atoms with Crippen molar-refractivity contribution in [3.63, 3.8) is 0 Å². The fourth-order valence-corrected chi connectivity index (χ4v) is 2.68. The van der Waals surface area contributed by atoms with Gasteiger partial charge in [-0.1, -0.05) is 89.4 Å². The summed E-state index contributed by atoms with van der Waals surface area (Å²) in [7, 11) is 1.75. The third-order valence-electron chi connectivity index (χ3n) is 4.21. The molecule has 28 heavy (non-hydrogen) atoms. The van der Waals surface area contributed by atoms with Crippen molar-refractivity contribution >= 4 is 11.7 Å². The lowest BCUT2D eigenvalue weighted by molar-refractivity contribution is -0.130. The fraction of sp³-hybridized carbons (Fsp3) is 0.417. The lowest BCUT2D eigenvalue weighted by Crippen LogP contribution is -2.51. The van der Waals surface area contributed by atoms with E-state index in [1.54, 1.807) is 25.3 Å². The lowest BCUT2D eigenvalue weighted by Gasteiger charge is -2.23. The van der Waals surface area contributed by atoms with E-state index in [0.29, 0.717) is 12.8 Å². The van der Waals surface area contributed by atoms with Crippen molar-refractivity contribution in [3.8, 4) is 0 Å². The highest BCUT2D eigenvalue weighted by Crippen LogP contribution is 2.13. The van der Waals surface area contributed by atoms with Gasteiger partial charge in [-0.15, -0.1) is 0 Å². The molecule has 0 spiro atoms. The Bertz CT molecular complexity index is 658. The summed E-state index contributed by atoms with van der Waals surface area (Å²) in [5.41, 5.74) is 1.93. The lowest BCUT2D eigenvalue weighted by atomic mass is 9.94. The van der Waals surface area contributed by atoms with Crippen molar-refractivity contribution in [2.75, 3.05) is 7.05 Å². The number of carbonyl (C=O) groups excluding carboxylic acids is 2. The number of hydrogen-bond donors (Lipinski definition) is 2. The van der Waals surface area contributed by atoms with Gasteiger partial charge in [0.25, 0.3) is 0 Å². The summed E-state index contributed by atoms with van der Waals surface area (Å²) in [6.07, 6.45) is 6.11. The molecule has 0 heterocycles. The first-order valence-corrected chi connectivity index (χ1v) is 9.92. The van der Waals surface area contributed by atoms with Gasteiger partial charge in [0.2, 0.25) is 5.91 Å². The van der Waals surface area contributed by atoms with Crippen LogP contribution in [0.3, 0.4) is 0 Å². The molecule has 1 rings (SSSR count). The van der Waals surface area contributed by atoms with Crippen LogP contribution in [0.4, 0.5) is 0 Å². The molecule has 158 valence electrons. The van der Waals surface area contributed by atoms with Gasteiger partial charge in [-0.3, -0.25) is 9.59 Å². The summed E-state index contributed by atoms with van der Waals surface area (Å²) in [5.74, 6) is -0.348. The van der Waals surface area contributed by atoms with Crippen molar-refractivity contribution < 1.29 is 12.4 Å². The number of nitrogens with one attached hydrogen (secondary N) is 2. The van der Waals surface area contributed by atoms with Crippen LogP contribution < -0.4 is 10.6 Å². The standard InChI is InChI=1S/C22H30N2O2.C2H6.2H2/c1-6-11-17(7-2)14-19(21(25)16(3)4)24-22(26)20(23-5)15-18-12-9-8-10-13-18;1-2;;/h6-13,16,19-20,23H,1-2,14-15H2,3-5H3,(H,24,26);1-2H3;2*1H/b17-11+;;;. The first-order chi connectivity index (χ1) is 13.4. The van der Waals surface area contributed by atoms with Crippen LogP contribution in [0, 0.1) is 5.92 Å². The van der Waals surface area contributed by atoms with Gasteiger partial charge in [-0.05, 0) is 31.0 Å². The van der Waals surface area contributed by atoms with Gasteiger partial charge < -0.3 is 10.6 Å². The second-order valence-electron chi connectivity index (χ2n) is 6.53. The number of amides is 1. The van der Waals surface area contributed by atoms with Gasteiger partial charge in [0, 0.05) is 8.77 Å². The zero-order valence-electron chi connectivity index (χ0n) is 18.0. The number of hydrogen-bond acceptors (Lipinski definition) is 3. The van der Waals surface area contributed by atoms with E-state index >= 15 is 0 Å². The maximum atomic E-state index is 12.8. The first-order valence-electron chi connectivity index (χ1n) is 9.92. The minimum absolute atomic E-state index is 0. The highest BCUT2D eigenvalue weighted by molar-refractivity contribution is 5.92. The van der Waals surface area contributed by atoms with Crippen molar-refractivity contribution in [1.29, 1.82) is 0 Å². The summed E-state index contributed by atoms with van der Waals surface area (Å²) in [4.78, 5) is 25.3. The zero-order valence-corrected chi connectivity index (χ0v) is 18.0. The van der Waals surface area contributed by atoms with E-state index in [-0.39, 0.29) is 20.5 Å². The highest BCUT2D eigenvalue weighted by Gasteiger charge is 2.26. The van der Waals surface area contributed by atoms with Crippen LogP contribution in [0.1, 0.15) is 42.5 Å². The van der Waals surface area contributed by atoms with Crippen LogP contribution in [-0.2, 0) is 16.0 Å². The van der Waals surface area contributed by atoms with E-state index in [4.69, 9.17) is 0 Å². The molecule has 0 saturated carbocycles. The number of Topliss-reactive ketones (excluding diaryl/α,β-unsaturated/α-hetero) is 1. The summed E-state index contributed by atoms with van der Waals surface area (Å²) < 4.78 is 0. The molecular formula is C24H40N2O2. The predicted molar refractivity (Wildman–Crippen MR) is 123 cm³/mol. The van der Waals surface area contributed by atoms with Crippen LogP contribution >= 0.6 is 0 Å². The Morgan fingerprint density at radius 1 is 1.11 bits per heavy atom. The smallest absolute Gasteiger partial charge is 0.238 e. The molecule has 0 radical (unpaired) electrons. The molecule has 1 aromatic carbocycles. The fourth-order valence-electron chi connectivity index (χ4n) is 2.68. The average molecular weight is 389 g/mol. The van der Waals surface area contributed by atoms with Gasteiger partial charge in [-0.2, -0.15) is 0 Å². The van der Waals surface area contributed by atoms with E-state index in [0.717, 1.165) is 11.1 Å². The molecule has 4 nitrogen and oxygen atoms in total. The Balaban J connectivity index is -0.00000176. The third kappa shape index (κ3) is 8.96. The molecule has 2 atom stereocenters. The number of carbonyl (C=O) groups is 2. The van der Waals surface area contributed by atoms with Gasteiger partial charge in [0.15, 0.2) is 5.78 Å². The molecule has 2 N–H and O–H groups in total. The number of allylic oxidation sites excluding steroid dienone is 3. The zero-order chi connectivity index (χ0) is 21.5. The van der Waals surface area contributed by atoms with Crippen molar-refractivity contribution in [3.05, 3.63) is 72.9 Å². The average Bonchev–Trinajstić information content (AvgIpc) is 2.72. The Kier molecular flexibility index (Phi) is 13.3. The molecule has 1 amide bonds. The van der Waals surface area contributed by atoms with E-state index in [2.05, 4.69) is 23.8 Å². The quantitative estimate of drug-likeness (QED) is 0.539. The topological polar surface area (TPSA) is 58.2 Å². The number of likely N-dealkylation sites (N-methyl/N-ethyl adjacent to an activating group) is 1. The minimum atomic E-state index is -0.585. The van der Waals surface area contributed by atoms with Crippen LogP contribution in [0.25, 0.3) is 0 Å². The van der Waals surface area contributed by atoms with Crippen molar-refractivity contribution in [2.24, 2.45) is 5.92 Å². The van der Waals surface area contributed by atoms with Crippen LogP contribution in [0.2, 0.25) is 0 Å². The number of ketones is 1. The van der Waals surface area contributed by atoms with Crippen LogP contribution in [0.5, 0.6) is 0 Å². The van der Waals surface area contributed by atoms with Crippen LogP contribution in [0.15, 0.2) is 67.3 Å².